The van der Waals surface area contributed by atoms with Crippen LogP contribution in [0.4, 0.5) is 11.8 Å². The van der Waals surface area contributed by atoms with E-state index in [1.54, 1.807) is 6.07 Å². The summed E-state index contributed by atoms with van der Waals surface area (Å²) in [4.78, 5) is 19.1. The summed E-state index contributed by atoms with van der Waals surface area (Å²) in [5, 5.41) is 13.0. The Morgan fingerprint density at radius 1 is 1.37 bits per heavy atom. The van der Waals surface area contributed by atoms with E-state index in [4.69, 9.17) is 11.6 Å². The SMILES string of the molecule is NNc1nc(NCC(O)C(N)=O)c2ccccc2n1. The molecule has 0 bridgehead atoms. The molecule has 1 heterocycles. The molecule has 100 valence electrons. The highest BCUT2D eigenvalue weighted by atomic mass is 16.3. The van der Waals surface area contributed by atoms with Crippen LogP contribution in [-0.2, 0) is 4.79 Å². The number of aliphatic hydroxyl groups is 1. The van der Waals surface area contributed by atoms with Gasteiger partial charge in [0, 0.05) is 5.39 Å². The van der Waals surface area contributed by atoms with Crippen LogP contribution in [0.3, 0.4) is 0 Å². The topological polar surface area (TPSA) is 139 Å². The van der Waals surface area contributed by atoms with Gasteiger partial charge < -0.3 is 16.2 Å². The Balaban J connectivity index is 2.32. The quantitative estimate of drug-likeness (QED) is 0.350. The molecule has 0 fully saturated rings. The number of benzene rings is 1. The van der Waals surface area contributed by atoms with Gasteiger partial charge in [0.2, 0.25) is 11.9 Å². The molecule has 19 heavy (non-hydrogen) atoms. The summed E-state index contributed by atoms with van der Waals surface area (Å²) in [5.74, 6) is 5.17. The average molecular weight is 262 g/mol. The van der Waals surface area contributed by atoms with E-state index in [2.05, 4.69) is 20.7 Å². The standard InChI is InChI=1S/C11H14N6O2/c12-9(19)8(18)5-14-10-6-3-1-2-4-7(6)15-11(16-10)17-13/h1-4,8,18H,5,13H2,(H2,12,19)(H2,14,15,16,17). The first-order chi connectivity index (χ1) is 9.11. The number of hydrogen-bond acceptors (Lipinski definition) is 7. The minimum Gasteiger partial charge on any atom is -0.381 e. The lowest BCUT2D eigenvalue weighted by Crippen LogP contribution is -2.34. The lowest BCUT2D eigenvalue weighted by molar-refractivity contribution is -0.125. The molecule has 1 atom stereocenters. The number of hydrogen-bond donors (Lipinski definition) is 5. The summed E-state index contributed by atoms with van der Waals surface area (Å²) in [5.41, 5.74) is 8.01. The van der Waals surface area contributed by atoms with Gasteiger partial charge in [-0.2, -0.15) is 4.98 Å². The van der Waals surface area contributed by atoms with Crippen molar-refractivity contribution in [3.8, 4) is 0 Å². The summed E-state index contributed by atoms with van der Waals surface area (Å²) in [6.45, 7) is -0.0413. The minimum atomic E-state index is -1.29. The zero-order valence-electron chi connectivity index (χ0n) is 10.00. The fourth-order valence-corrected chi connectivity index (χ4v) is 1.57. The summed E-state index contributed by atoms with van der Waals surface area (Å²) >= 11 is 0. The van der Waals surface area contributed by atoms with Crippen molar-refractivity contribution in [1.82, 2.24) is 9.97 Å². The molecule has 7 N–H and O–H groups in total. The van der Waals surface area contributed by atoms with Crippen molar-refractivity contribution in [3.05, 3.63) is 24.3 Å². The van der Waals surface area contributed by atoms with Crippen LogP contribution >= 0.6 is 0 Å². The average Bonchev–Trinajstić information content (AvgIpc) is 2.43. The van der Waals surface area contributed by atoms with E-state index < -0.39 is 12.0 Å². The first kappa shape index (κ1) is 13.0. The molecule has 0 saturated carbocycles. The molecule has 1 amide bonds. The maximum atomic E-state index is 10.8. The third-order valence-corrected chi connectivity index (χ3v) is 2.52. The summed E-state index contributed by atoms with van der Waals surface area (Å²) < 4.78 is 0. The lowest BCUT2D eigenvalue weighted by atomic mass is 10.2. The van der Waals surface area contributed by atoms with Crippen LogP contribution in [0.2, 0.25) is 0 Å². The monoisotopic (exact) mass is 262 g/mol. The van der Waals surface area contributed by atoms with E-state index >= 15 is 0 Å². The van der Waals surface area contributed by atoms with Crippen molar-refractivity contribution < 1.29 is 9.90 Å². The van der Waals surface area contributed by atoms with Crippen LogP contribution < -0.4 is 22.3 Å². The number of aliphatic hydroxyl groups excluding tert-OH is 1. The largest absolute Gasteiger partial charge is 0.381 e. The summed E-state index contributed by atoms with van der Waals surface area (Å²) in [6.07, 6.45) is -1.29. The van der Waals surface area contributed by atoms with E-state index in [9.17, 15) is 9.90 Å². The number of carbonyl (C=O) groups is 1. The second-order valence-electron chi connectivity index (χ2n) is 3.86. The molecule has 0 aliphatic carbocycles. The lowest BCUT2D eigenvalue weighted by Gasteiger charge is -2.12. The van der Waals surface area contributed by atoms with Crippen LogP contribution in [0.5, 0.6) is 0 Å². The van der Waals surface area contributed by atoms with Gasteiger partial charge in [-0.05, 0) is 12.1 Å². The Bertz CT molecular complexity index is 603. The van der Waals surface area contributed by atoms with E-state index in [1.165, 1.54) is 0 Å². The van der Waals surface area contributed by atoms with E-state index in [1.807, 2.05) is 18.2 Å². The number of anilines is 2. The maximum Gasteiger partial charge on any atom is 0.248 e. The van der Waals surface area contributed by atoms with Gasteiger partial charge in [-0.1, -0.05) is 12.1 Å². The molecule has 2 aromatic rings. The van der Waals surface area contributed by atoms with Crippen molar-refractivity contribution >= 4 is 28.6 Å². The van der Waals surface area contributed by atoms with E-state index in [0.717, 1.165) is 5.39 Å². The molecule has 0 saturated heterocycles. The number of rotatable bonds is 5. The van der Waals surface area contributed by atoms with Crippen molar-refractivity contribution in [3.63, 3.8) is 0 Å². The van der Waals surface area contributed by atoms with Crippen molar-refractivity contribution in [2.45, 2.75) is 6.10 Å². The molecule has 1 unspecified atom stereocenters. The highest BCUT2D eigenvalue weighted by Crippen LogP contribution is 2.21. The van der Waals surface area contributed by atoms with Crippen molar-refractivity contribution in [2.75, 3.05) is 17.3 Å². The molecular weight excluding hydrogens is 248 g/mol. The number of nitrogens with zero attached hydrogens (tertiary/aromatic N) is 2. The smallest absolute Gasteiger partial charge is 0.248 e. The van der Waals surface area contributed by atoms with Crippen molar-refractivity contribution in [2.24, 2.45) is 11.6 Å². The zero-order chi connectivity index (χ0) is 13.8. The number of aromatic nitrogens is 2. The second kappa shape index (κ2) is 5.46. The molecule has 0 spiro atoms. The number of amides is 1. The summed E-state index contributed by atoms with van der Waals surface area (Å²) in [6, 6.07) is 7.27. The van der Waals surface area contributed by atoms with Gasteiger partial charge >= 0.3 is 0 Å². The van der Waals surface area contributed by atoms with Gasteiger partial charge in [-0.15, -0.1) is 0 Å². The van der Waals surface area contributed by atoms with Gasteiger partial charge in [0.1, 0.15) is 11.9 Å². The highest BCUT2D eigenvalue weighted by molar-refractivity contribution is 5.90. The fourth-order valence-electron chi connectivity index (χ4n) is 1.57. The number of fused-ring (bicyclic) bond motifs is 1. The van der Waals surface area contributed by atoms with Crippen LogP contribution in [0.1, 0.15) is 0 Å². The Hall–Kier alpha value is -2.45. The highest BCUT2D eigenvalue weighted by Gasteiger charge is 2.12. The van der Waals surface area contributed by atoms with Crippen LogP contribution in [0.25, 0.3) is 10.9 Å². The molecular formula is C11H14N6O2. The maximum absolute atomic E-state index is 10.8. The van der Waals surface area contributed by atoms with Gasteiger partial charge in [0.15, 0.2) is 0 Å². The number of hydrazine groups is 1. The van der Waals surface area contributed by atoms with Gasteiger partial charge in [-0.3, -0.25) is 10.2 Å². The first-order valence-electron chi connectivity index (χ1n) is 5.56. The Morgan fingerprint density at radius 3 is 2.79 bits per heavy atom. The Morgan fingerprint density at radius 2 is 2.11 bits per heavy atom. The molecule has 8 nitrogen and oxygen atoms in total. The number of nitrogens with two attached hydrogens (primary N) is 2. The van der Waals surface area contributed by atoms with Gasteiger partial charge in [0.05, 0.1) is 12.1 Å². The van der Waals surface area contributed by atoms with Gasteiger partial charge in [-0.25, -0.2) is 10.8 Å². The molecule has 0 aliphatic rings. The predicted octanol–water partition coefficient (Wildman–Crippen LogP) is -0.827. The molecule has 2 rings (SSSR count). The number of para-hydroxylation sites is 1. The minimum absolute atomic E-state index is 0.0413. The van der Waals surface area contributed by atoms with Gasteiger partial charge in [0.25, 0.3) is 0 Å². The number of primary amides is 1. The second-order valence-corrected chi connectivity index (χ2v) is 3.86. The van der Waals surface area contributed by atoms with E-state index in [0.29, 0.717) is 11.3 Å². The summed E-state index contributed by atoms with van der Waals surface area (Å²) in [7, 11) is 0. The predicted molar refractivity (Wildman–Crippen MR) is 71.0 cm³/mol. The molecule has 1 aromatic heterocycles. The Labute approximate surface area is 108 Å². The normalized spacial score (nSPS) is 12.1. The van der Waals surface area contributed by atoms with Crippen LogP contribution in [0, 0.1) is 0 Å². The van der Waals surface area contributed by atoms with Crippen LogP contribution in [0.15, 0.2) is 24.3 Å². The number of nitrogens with one attached hydrogen (secondary N) is 2. The fraction of sp³-hybridized carbons (Fsp3) is 0.182. The molecule has 0 radical (unpaired) electrons. The van der Waals surface area contributed by atoms with Crippen molar-refractivity contribution in [1.29, 1.82) is 0 Å². The third-order valence-electron chi connectivity index (χ3n) is 2.52. The van der Waals surface area contributed by atoms with E-state index in [-0.39, 0.29) is 12.5 Å². The Kier molecular flexibility index (Phi) is 3.74. The number of nitrogen functional groups attached to an aromatic ring is 1. The first-order valence-corrected chi connectivity index (χ1v) is 5.56. The number of carbonyl (C=O) groups excluding carboxylic acids is 1. The molecule has 8 heteroatoms. The molecule has 0 aliphatic heterocycles. The zero-order valence-corrected chi connectivity index (χ0v) is 10.00. The van der Waals surface area contributed by atoms with Crippen LogP contribution in [-0.4, -0.2) is 33.6 Å². The third kappa shape index (κ3) is 2.87. The molecule has 1 aromatic carbocycles.